The molecule has 0 radical (unpaired) electrons. The number of nitrogens with zero attached hydrogens (tertiary/aromatic N) is 2. The van der Waals surface area contributed by atoms with Crippen molar-refractivity contribution in [3.63, 3.8) is 0 Å². The van der Waals surface area contributed by atoms with E-state index < -0.39 is 12.1 Å². The van der Waals surface area contributed by atoms with Gasteiger partial charge in [0, 0.05) is 38.5 Å². The zero-order valence-corrected chi connectivity index (χ0v) is 21.7. The van der Waals surface area contributed by atoms with E-state index in [-0.39, 0.29) is 26.9 Å². The first kappa shape index (κ1) is 31.9. The van der Waals surface area contributed by atoms with Crippen LogP contribution >= 0.6 is 0 Å². The summed E-state index contributed by atoms with van der Waals surface area (Å²) in [7, 11) is 0. The maximum absolute atomic E-state index is 12.4. The Hall–Kier alpha value is -2.06. The summed E-state index contributed by atoms with van der Waals surface area (Å²) in [6.45, 7) is 10.9. The highest BCUT2D eigenvalue weighted by atomic mass is 16.5. The molecule has 4 amide bonds. The first-order valence-corrected chi connectivity index (χ1v) is 12.5. The highest BCUT2D eigenvalue weighted by Gasteiger charge is 2.14. The number of unbranched alkanes of at least 4 members (excludes halogenated alkanes) is 4. The van der Waals surface area contributed by atoms with E-state index in [1.165, 1.54) is 9.80 Å². The van der Waals surface area contributed by atoms with Gasteiger partial charge >= 0.3 is 12.1 Å². The molecular weight excluding hydrogens is 440 g/mol. The van der Waals surface area contributed by atoms with Crippen LogP contribution in [0.4, 0.5) is 9.59 Å². The minimum Gasteiger partial charge on any atom is -0.361 e. The first-order chi connectivity index (χ1) is 16.6. The molecule has 0 fully saturated rings. The van der Waals surface area contributed by atoms with E-state index in [4.69, 9.17) is 18.9 Å². The molecule has 10 nitrogen and oxygen atoms in total. The summed E-state index contributed by atoms with van der Waals surface area (Å²) in [6, 6.07) is 4.01. The van der Waals surface area contributed by atoms with E-state index in [0.717, 1.165) is 51.4 Å². The summed E-state index contributed by atoms with van der Waals surface area (Å²) in [4.78, 5) is 27.7. The van der Waals surface area contributed by atoms with Gasteiger partial charge in [0.05, 0.1) is 0 Å². The van der Waals surface area contributed by atoms with Gasteiger partial charge in [-0.05, 0) is 25.7 Å². The number of nitrogens with one attached hydrogen (secondary N) is 2. The molecule has 0 saturated carbocycles. The average Bonchev–Trinajstić information content (AvgIpc) is 2.84. The largest absolute Gasteiger partial charge is 0.361 e. The monoisotopic (exact) mass is 486 g/mol. The molecule has 0 aliphatic heterocycles. The van der Waals surface area contributed by atoms with Crippen molar-refractivity contribution < 1.29 is 28.5 Å². The predicted molar refractivity (Wildman–Crippen MR) is 131 cm³/mol. The topological polar surface area (TPSA) is 102 Å². The average molecular weight is 487 g/mol. The van der Waals surface area contributed by atoms with Crippen molar-refractivity contribution in [3.8, 4) is 12.1 Å². The molecule has 0 aliphatic carbocycles. The molecule has 0 aliphatic rings. The van der Waals surface area contributed by atoms with Crippen LogP contribution in [0.5, 0.6) is 0 Å². The Labute approximate surface area is 206 Å². The molecule has 198 valence electrons. The Kier molecular flexibility index (Phi) is 22.6. The Morgan fingerprint density at radius 3 is 1.06 bits per heavy atom. The van der Waals surface area contributed by atoms with Crippen LogP contribution < -0.4 is 10.6 Å². The summed E-state index contributed by atoms with van der Waals surface area (Å²) in [5.41, 5.74) is 0. The van der Waals surface area contributed by atoms with E-state index in [9.17, 15) is 9.59 Å². The zero-order valence-electron chi connectivity index (χ0n) is 21.7. The van der Waals surface area contributed by atoms with Crippen molar-refractivity contribution in [3.05, 3.63) is 0 Å². The second-order valence-electron chi connectivity index (χ2n) is 7.75. The van der Waals surface area contributed by atoms with Gasteiger partial charge in [0.2, 0.25) is 0 Å². The van der Waals surface area contributed by atoms with Gasteiger partial charge < -0.3 is 18.9 Å². The molecule has 0 spiro atoms. The molecule has 2 N–H and O–H groups in total. The van der Waals surface area contributed by atoms with Gasteiger partial charge in [0.1, 0.15) is 26.9 Å². The fourth-order valence-corrected chi connectivity index (χ4v) is 2.32. The van der Waals surface area contributed by atoms with Crippen molar-refractivity contribution in [1.82, 2.24) is 20.4 Å². The minimum atomic E-state index is -0.461. The standard InChI is InChI=1S/C24H46N4O6/c1-5-9-15-31-19-27(20-32-16-10-6-2)23(29)25-13-14-26-24(30)28(21-33-17-11-7-3)22-34-18-12-8-4/h5-12,15-22H2,1-4H3,(H,25,29)(H,26,30). The van der Waals surface area contributed by atoms with E-state index in [1.807, 2.05) is 0 Å². The first-order valence-electron chi connectivity index (χ1n) is 12.5. The van der Waals surface area contributed by atoms with Crippen molar-refractivity contribution in [2.24, 2.45) is 0 Å². The van der Waals surface area contributed by atoms with Gasteiger partial charge in [-0.2, -0.15) is 0 Å². The number of rotatable bonds is 20. The summed E-state index contributed by atoms with van der Waals surface area (Å²) >= 11 is 0. The summed E-state index contributed by atoms with van der Waals surface area (Å²) in [6.07, 6.45) is 7.70. The molecule has 0 unspecified atom stereocenters. The molecule has 0 rings (SSSR count). The summed E-state index contributed by atoms with van der Waals surface area (Å²) in [5, 5.41) is 4.90. The Morgan fingerprint density at radius 2 is 0.824 bits per heavy atom. The second-order valence-corrected chi connectivity index (χ2v) is 7.75. The fourth-order valence-electron chi connectivity index (χ4n) is 2.32. The summed E-state index contributed by atoms with van der Waals surface area (Å²) in [5.74, 6) is 0. The number of amides is 4. The van der Waals surface area contributed by atoms with Gasteiger partial charge in [-0.3, -0.25) is 20.4 Å². The third kappa shape index (κ3) is 18.4. The Balaban J connectivity index is 4.66. The number of urea groups is 2. The van der Waals surface area contributed by atoms with Crippen LogP contribution in [0.15, 0.2) is 0 Å². The van der Waals surface area contributed by atoms with E-state index in [1.54, 1.807) is 0 Å². The number of hydrogen-bond donors (Lipinski definition) is 2. The Morgan fingerprint density at radius 1 is 0.559 bits per heavy atom. The smallest absolute Gasteiger partial charge is 0.332 e. The predicted octanol–water partition coefficient (Wildman–Crippen LogP) is 4.02. The van der Waals surface area contributed by atoms with Crippen LogP contribution in [-0.2, 0) is 18.9 Å². The highest BCUT2D eigenvalue weighted by Crippen LogP contribution is 1.98. The summed E-state index contributed by atoms with van der Waals surface area (Å²) < 4.78 is 22.1. The van der Waals surface area contributed by atoms with Crippen LogP contribution in [0, 0.1) is 12.1 Å². The van der Waals surface area contributed by atoms with Crippen molar-refractivity contribution in [2.75, 3.05) is 53.4 Å². The van der Waals surface area contributed by atoms with Crippen LogP contribution in [0.3, 0.4) is 0 Å². The lowest BCUT2D eigenvalue weighted by atomic mass is 10.4. The fraction of sp³-hybridized carbons (Fsp3) is 0.833. The maximum atomic E-state index is 12.4. The quantitative estimate of drug-likeness (QED) is 0.117. The number of hydrogen-bond acceptors (Lipinski definition) is 6. The van der Waals surface area contributed by atoms with Gasteiger partial charge in [-0.1, -0.05) is 53.4 Å². The van der Waals surface area contributed by atoms with Crippen molar-refractivity contribution >= 4 is 12.1 Å². The molecule has 34 heavy (non-hydrogen) atoms. The van der Waals surface area contributed by atoms with Crippen molar-refractivity contribution in [2.45, 2.75) is 79.1 Å². The van der Waals surface area contributed by atoms with Gasteiger partial charge in [-0.25, -0.2) is 9.59 Å². The zero-order chi connectivity index (χ0) is 25.3. The van der Waals surface area contributed by atoms with E-state index in [0.29, 0.717) is 26.4 Å². The van der Waals surface area contributed by atoms with Crippen LogP contribution in [0.2, 0.25) is 0 Å². The number of ether oxygens (including phenoxy) is 4. The second kappa shape index (κ2) is 24.1. The molecule has 0 aromatic carbocycles. The maximum Gasteiger partial charge on any atom is 0.332 e. The Bertz CT molecular complexity index is 497. The van der Waals surface area contributed by atoms with Crippen LogP contribution in [0.25, 0.3) is 0 Å². The number of carbonyl (C=O) groups is 2. The normalized spacial score (nSPS) is 10.4. The molecule has 0 saturated heterocycles. The van der Waals surface area contributed by atoms with Crippen LogP contribution in [0.1, 0.15) is 79.1 Å². The molecule has 0 atom stereocenters. The van der Waals surface area contributed by atoms with Crippen LogP contribution in [-0.4, -0.2) is 75.2 Å². The molecule has 0 heterocycles. The van der Waals surface area contributed by atoms with Crippen molar-refractivity contribution in [1.29, 1.82) is 0 Å². The molecule has 0 aromatic heterocycles. The highest BCUT2D eigenvalue weighted by molar-refractivity contribution is 5.77. The number of carbonyl (C=O) groups excluding carboxylic acids is 2. The molecule has 0 bridgehead atoms. The van der Waals surface area contributed by atoms with Gasteiger partial charge in [0.15, 0.2) is 0 Å². The van der Waals surface area contributed by atoms with E-state index >= 15 is 0 Å². The molecule has 0 aromatic rings. The molecule has 10 heteroatoms. The van der Waals surface area contributed by atoms with Gasteiger partial charge in [-0.15, -0.1) is 0 Å². The lowest BCUT2D eigenvalue weighted by Crippen LogP contribution is -2.42. The molecular formula is C24H46N4O6. The lowest BCUT2D eigenvalue weighted by Gasteiger charge is -2.22. The minimum absolute atomic E-state index is 0.101. The SMILES string of the molecule is CCCCOCN(COCCCC)C(=O)NC#CNC(=O)N(COCCCC)COCCCC. The lowest BCUT2D eigenvalue weighted by molar-refractivity contribution is -0.0217. The third-order valence-corrected chi connectivity index (χ3v) is 4.53. The van der Waals surface area contributed by atoms with Gasteiger partial charge in [0.25, 0.3) is 0 Å². The third-order valence-electron chi connectivity index (χ3n) is 4.53. The van der Waals surface area contributed by atoms with E-state index in [2.05, 4.69) is 50.4 Å².